The first kappa shape index (κ1) is 29.2. The summed E-state index contributed by atoms with van der Waals surface area (Å²) in [7, 11) is 0. The molecule has 0 aliphatic rings. The van der Waals surface area contributed by atoms with Gasteiger partial charge in [-0.2, -0.15) is 10.5 Å². The summed E-state index contributed by atoms with van der Waals surface area (Å²) >= 11 is 1.16. The number of rotatable bonds is 14. The third kappa shape index (κ3) is 8.57. The minimum absolute atomic E-state index is 0.0800. The maximum absolute atomic E-state index is 11.5. The van der Waals surface area contributed by atoms with Gasteiger partial charge in [0.05, 0.1) is 30.9 Å². The Kier molecular flexibility index (Phi) is 11.3. The molecule has 3 rings (SSSR count). The van der Waals surface area contributed by atoms with Crippen LogP contribution in [-0.2, 0) is 25.6 Å². The summed E-state index contributed by atoms with van der Waals surface area (Å²) in [5.41, 5.74) is 4.70. The number of aryl methyl sites for hydroxylation is 1. The molecule has 0 saturated carbocycles. The lowest BCUT2D eigenvalue weighted by Crippen LogP contribution is -2.27. The Morgan fingerprint density at radius 3 is 2.54 bits per heavy atom. The van der Waals surface area contributed by atoms with Crippen molar-refractivity contribution in [2.24, 2.45) is 10.2 Å². The highest BCUT2D eigenvalue weighted by Gasteiger charge is 2.15. The number of anilines is 1. The van der Waals surface area contributed by atoms with Crippen LogP contribution < -0.4 is 4.90 Å². The van der Waals surface area contributed by atoms with Gasteiger partial charge in [0.2, 0.25) is 0 Å². The summed E-state index contributed by atoms with van der Waals surface area (Å²) < 4.78 is 10.7. The van der Waals surface area contributed by atoms with Crippen LogP contribution in [0.4, 0.5) is 16.4 Å². The third-order valence-corrected chi connectivity index (χ3v) is 6.90. The highest BCUT2D eigenvalue weighted by molar-refractivity contribution is 7.16. The normalized spacial score (nSPS) is 10.7. The number of hydrogen-bond acceptors (Lipinski definition) is 10. The van der Waals surface area contributed by atoms with Gasteiger partial charge in [-0.1, -0.05) is 30.3 Å². The molecule has 0 unspecified atom stereocenters. The maximum atomic E-state index is 11.5. The molecule has 0 radical (unpaired) electrons. The van der Waals surface area contributed by atoms with Crippen molar-refractivity contribution < 1.29 is 19.1 Å². The SMILES string of the molecule is Cc1cc(N(CCOCCOC(=O)CCC=O)Cc2ccccc2)ccc1N=Nc1sc(C#N)c(C)c1C#N. The summed E-state index contributed by atoms with van der Waals surface area (Å²) in [5.74, 6) is -0.410. The van der Waals surface area contributed by atoms with E-state index in [4.69, 9.17) is 9.47 Å². The lowest BCUT2D eigenvalue weighted by Gasteiger charge is -2.25. The average molecular weight is 544 g/mol. The molecule has 0 bridgehead atoms. The highest BCUT2D eigenvalue weighted by atomic mass is 32.1. The molecule has 0 aliphatic heterocycles. The Balaban J connectivity index is 1.68. The Hall–Kier alpha value is -4.38. The summed E-state index contributed by atoms with van der Waals surface area (Å²) in [5, 5.41) is 27.8. The lowest BCUT2D eigenvalue weighted by atomic mass is 10.1. The second-order valence-corrected chi connectivity index (χ2v) is 9.58. The van der Waals surface area contributed by atoms with Gasteiger partial charge >= 0.3 is 5.97 Å². The van der Waals surface area contributed by atoms with Crippen LogP contribution in [0, 0.1) is 36.5 Å². The number of aldehydes is 1. The average Bonchev–Trinajstić information content (AvgIpc) is 3.26. The first-order chi connectivity index (χ1) is 19.0. The predicted molar refractivity (Wildman–Crippen MR) is 148 cm³/mol. The van der Waals surface area contributed by atoms with Gasteiger partial charge in [0.15, 0.2) is 5.00 Å². The van der Waals surface area contributed by atoms with E-state index in [0.717, 1.165) is 28.2 Å². The molecule has 10 heteroatoms. The molecule has 9 nitrogen and oxygen atoms in total. The molecule has 0 aliphatic carbocycles. The molecule has 0 amide bonds. The van der Waals surface area contributed by atoms with E-state index in [-0.39, 0.29) is 26.1 Å². The van der Waals surface area contributed by atoms with E-state index < -0.39 is 5.97 Å². The molecule has 3 aromatic rings. The van der Waals surface area contributed by atoms with E-state index in [1.165, 1.54) is 0 Å². The molecule has 0 saturated heterocycles. The van der Waals surface area contributed by atoms with E-state index in [2.05, 4.69) is 39.4 Å². The van der Waals surface area contributed by atoms with E-state index >= 15 is 0 Å². The zero-order valence-corrected chi connectivity index (χ0v) is 22.7. The monoisotopic (exact) mass is 543 g/mol. The Labute approximate surface area is 231 Å². The van der Waals surface area contributed by atoms with Crippen LogP contribution in [-0.4, -0.2) is 38.6 Å². The van der Waals surface area contributed by atoms with Gasteiger partial charge in [-0.15, -0.1) is 21.6 Å². The van der Waals surface area contributed by atoms with E-state index in [1.807, 2.05) is 43.3 Å². The Morgan fingerprint density at radius 1 is 1.05 bits per heavy atom. The summed E-state index contributed by atoms with van der Waals surface area (Å²) in [6.07, 6.45) is 0.928. The molecule has 39 heavy (non-hydrogen) atoms. The fraction of sp³-hybridized carbons (Fsp3) is 0.310. The Bertz CT molecular complexity index is 1390. The fourth-order valence-corrected chi connectivity index (χ4v) is 4.57. The molecule has 0 N–H and O–H groups in total. The minimum atomic E-state index is -0.410. The number of azo groups is 1. The van der Waals surface area contributed by atoms with Gasteiger partial charge in [0, 0.05) is 25.2 Å². The quantitative estimate of drug-likeness (QED) is 0.104. The highest BCUT2D eigenvalue weighted by Crippen LogP contribution is 2.36. The van der Waals surface area contributed by atoms with Crippen LogP contribution in [0.1, 0.15) is 40.0 Å². The topological polar surface area (TPSA) is 128 Å². The Morgan fingerprint density at radius 2 is 1.85 bits per heavy atom. The van der Waals surface area contributed by atoms with Crippen LogP contribution in [0.15, 0.2) is 58.8 Å². The van der Waals surface area contributed by atoms with Crippen molar-refractivity contribution in [1.82, 2.24) is 0 Å². The zero-order valence-electron chi connectivity index (χ0n) is 21.9. The number of benzene rings is 2. The molecular weight excluding hydrogens is 514 g/mol. The second-order valence-electron chi connectivity index (χ2n) is 8.58. The third-order valence-electron chi connectivity index (χ3n) is 5.81. The van der Waals surface area contributed by atoms with Gasteiger partial charge in [0.1, 0.15) is 29.9 Å². The molecule has 2 aromatic carbocycles. The van der Waals surface area contributed by atoms with Gasteiger partial charge in [-0.05, 0) is 48.7 Å². The van der Waals surface area contributed by atoms with Crippen molar-refractivity contribution in [3.05, 3.63) is 75.7 Å². The largest absolute Gasteiger partial charge is 0.463 e. The number of thiophene rings is 1. The predicted octanol–water partition coefficient (Wildman–Crippen LogP) is 6.07. The second kappa shape index (κ2) is 15.1. The van der Waals surface area contributed by atoms with Crippen LogP contribution >= 0.6 is 11.3 Å². The molecule has 200 valence electrons. The fourth-order valence-electron chi connectivity index (χ4n) is 3.70. The van der Waals surface area contributed by atoms with Crippen molar-refractivity contribution in [2.75, 3.05) is 31.3 Å². The number of esters is 1. The van der Waals surface area contributed by atoms with Gasteiger partial charge < -0.3 is 19.2 Å². The van der Waals surface area contributed by atoms with Crippen molar-refractivity contribution in [3.63, 3.8) is 0 Å². The maximum Gasteiger partial charge on any atom is 0.306 e. The number of carbonyl (C=O) groups excluding carboxylic acids is 2. The zero-order chi connectivity index (χ0) is 28.0. The van der Waals surface area contributed by atoms with Crippen molar-refractivity contribution in [1.29, 1.82) is 10.5 Å². The van der Waals surface area contributed by atoms with E-state index in [1.54, 1.807) is 6.92 Å². The van der Waals surface area contributed by atoms with Crippen molar-refractivity contribution >= 4 is 40.0 Å². The first-order valence-corrected chi connectivity index (χ1v) is 13.2. The lowest BCUT2D eigenvalue weighted by molar-refractivity contribution is -0.145. The number of nitrogens with zero attached hydrogens (tertiary/aromatic N) is 5. The summed E-state index contributed by atoms with van der Waals surface area (Å²) in [4.78, 5) is 24.5. The number of ether oxygens (including phenoxy) is 2. The van der Waals surface area contributed by atoms with Crippen molar-refractivity contribution in [3.8, 4) is 12.1 Å². The summed E-state index contributed by atoms with van der Waals surface area (Å²) in [6, 6.07) is 20.2. The van der Waals surface area contributed by atoms with Crippen LogP contribution in [0.5, 0.6) is 0 Å². The summed E-state index contributed by atoms with van der Waals surface area (Å²) in [6.45, 7) is 5.79. The minimum Gasteiger partial charge on any atom is -0.463 e. The van der Waals surface area contributed by atoms with Crippen LogP contribution in [0.2, 0.25) is 0 Å². The number of nitriles is 2. The van der Waals surface area contributed by atoms with Crippen LogP contribution in [0.3, 0.4) is 0 Å². The molecule has 1 heterocycles. The molecule has 0 atom stereocenters. The van der Waals surface area contributed by atoms with Gasteiger partial charge in [-0.3, -0.25) is 4.79 Å². The first-order valence-electron chi connectivity index (χ1n) is 12.4. The molecule has 1 aromatic heterocycles. The van der Waals surface area contributed by atoms with Crippen LogP contribution in [0.25, 0.3) is 0 Å². The number of hydrogen-bond donors (Lipinski definition) is 0. The van der Waals surface area contributed by atoms with E-state index in [0.29, 0.717) is 52.7 Å². The standard InChI is InChI=1S/C29H29N5O4S/c1-21-17-24(10-11-26(21)32-33-29-25(18-30)22(2)27(19-31)39-29)34(20-23-7-4-3-5-8-23)12-14-37-15-16-38-28(36)9-6-13-35/h3-5,7-8,10-11,13,17H,6,9,12,14-16,20H2,1-2H3. The van der Waals surface area contributed by atoms with Gasteiger partial charge in [-0.25, -0.2) is 0 Å². The molecule has 0 spiro atoms. The molecular formula is C29H29N5O4S. The smallest absolute Gasteiger partial charge is 0.306 e. The van der Waals surface area contributed by atoms with Crippen molar-refractivity contribution in [2.45, 2.75) is 33.2 Å². The molecule has 0 fully saturated rings. The van der Waals surface area contributed by atoms with Gasteiger partial charge in [0.25, 0.3) is 0 Å². The van der Waals surface area contributed by atoms with E-state index in [9.17, 15) is 20.1 Å². The number of carbonyl (C=O) groups is 2.